The number of carbonyl (C=O) groups is 1. The van der Waals surface area contributed by atoms with Crippen LogP contribution in [-0.4, -0.2) is 25.8 Å². The zero-order valence-corrected chi connectivity index (χ0v) is 11.6. The zero-order valence-electron chi connectivity index (χ0n) is 11.6. The molecule has 0 spiro atoms. The minimum absolute atomic E-state index is 0.0815. The number of aryl methyl sites for hydroxylation is 2. The van der Waals surface area contributed by atoms with Gasteiger partial charge in [0.1, 0.15) is 11.5 Å². The van der Waals surface area contributed by atoms with Gasteiger partial charge in [-0.15, -0.1) is 0 Å². The van der Waals surface area contributed by atoms with Gasteiger partial charge in [-0.25, -0.2) is 0 Å². The number of allylic oxidation sites excluding steroid dienone is 1. The van der Waals surface area contributed by atoms with Crippen molar-refractivity contribution < 1.29 is 15.0 Å². The molecular weight excluding hydrogens is 256 g/mol. The molecule has 0 fully saturated rings. The van der Waals surface area contributed by atoms with Gasteiger partial charge in [-0.05, 0) is 38.1 Å². The first-order valence-electron chi connectivity index (χ1n) is 6.14. The highest BCUT2D eigenvalue weighted by Gasteiger charge is 2.10. The molecule has 0 saturated heterocycles. The van der Waals surface area contributed by atoms with E-state index >= 15 is 0 Å². The molecule has 20 heavy (non-hydrogen) atoms. The Kier molecular flexibility index (Phi) is 3.61. The van der Waals surface area contributed by atoms with E-state index in [4.69, 9.17) is 0 Å². The summed E-state index contributed by atoms with van der Waals surface area (Å²) >= 11 is 0. The van der Waals surface area contributed by atoms with Gasteiger partial charge in [0.25, 0.3) is 0 Å². The number of aromatic hydroxyl groups is 2. The lowest BCUT2D eigenvalue weighted by Crippen LogP contribution is -1.95. The van der Waals surface area contributed by atoms with E-state index in [2.05, 4.69) is 5.10 Å². The molecule has 0 aliphatic carbocycles. The molecule has 2 N–H and O–H groups in total. The zero-order chi connectivity index (χ0) is 14.9. The third kappa shape index (κ3) is 2.56. The number of aromatic nitrogens is 2. The Morgan fingerprint density at radius 3 is 2.55 bits per heavy atom. The van der Waals surface area contributed by atoms with Crippen molar-refractivity contribution in [3.63, 3.8) is 0 Å². The Morgan fingerprint density at radius 2 is 2.00 bits per heavy atom. The third-order valence-electron chi connectivity index (χ3n) is 3.21. The van der Waals surface area contributed by atoms with E-state index < -0.39 is 0 Å². The van der Waals surface area contributed by atoms with E-state index in [1.807, 2.05) is 20.9 Å². The summed E-state index contributed by atoms with van der Waals surface area (Å²) in [6, 6.07) is 3.89. The molecule has 0 saturated carbocycles. The largest absolute Gasteiger partial charge is 0.508 e. The van der Waals surface area contributed by atoms with Crippen LogP contribution in [0.2, 0.25) is 0 Å². The molecule has 1 heterocycles. The average Bonchev–Trinajstić information content (AvgIpc) is 2.61. The maximum absolute atomic E-state index is 12.0. The number of nitrogens with zero attached hydrogens (tertiary/aromatic N) is 2. The number of phenols is 2. The van der Waals surface area contributed by atoms with E-state index in [0.29, 0.717) is 0 Å². The van der Waals surface area contributed by atoms with Gasteiger partial charge in [0.2, 0.25) is 0 Å². The van der Waals surface area contributed by atoms with E-state index in [9.17, 15) is 15.0 Å². The number of benzene rings is 1. The Hall–Kier alpha value is -2.56. The molecule has 104 valence electrons. The summed E-state index contributed by atoms with van der Waals surface area (Å²) in [6.45, 7) is 3.79. The standard InChI is InChI=1S/C15H16N2O3/c1-9-12(10(2)17(3)16-9)6-7-14(19)13-5-4-11(18)8-15(13)20/h4-8,18,20H,1-3H3/b7-6+. The van der Waals surface area contributed by atoms with E-state index in [1.54, 1.807) is 10.8 Å². The smallest absolute Gasteiger partial charge is 0.189 e. The second kappa shape index (κ2) is 5.21. The fourth-order valence-corrected chi connectivity index (χ4v) is 2.01. The topological polar surface area (TPSA) is 75.4 Å². The third-order valence-corrected chi connectivity index (χ3v) is 3.21. The Morgan fingerprint density at radius 1 is 1.30 bits per heavy atom. The summed E-state index contributed by atoms with van der Waals surface area (Å²) in [5, 5.41) is 23.1. The number of hydrogen-bond donors (Lipinski definition) is 2. The molecule has 0 atom stereocenters. The minimum atomic E-state index is -0.329. The molecule has 0 aliphatic rings. The van der Waals surface area contributed by atoms with Crippen LogP contribution in [0.5, 0.6) is 11.5 Å². The van der Waals surface area contributed by atoms with Gasteiger partial charge in [-0.1, -0.05) is 0 Å². The predicted octanol–water partition coefficient (Wildman–Crippen LogP) is 2.34. The molecule has 2 rings (SSSR count). The van der Waals surface area contributed by atoms with E-state index in [0.717, 1.165) is 23.0 Å². The lowest BCUT2D eigenvalue weighted by molar-refractivity contribution is 0.104. The van der Waals surface area contributed by atoms with Crippen molar-refractivity contribution in [2.75, 3.05) is 0 Å². The average molecular weight is 272 g/mol. The minimum Gasteiger partial charge on any atom is -0.508 e. The highest BCUT2D eigenvalue weighted by Crippen LogP contribution is 2.23. The fourth-order valence-electron chi connectivity index (χ4n) is 2.01. The maximum Gasteiger partial charge on any atom is 0.189 e. The molecule has 0 radical (unpaired) electrons. The summed E-state index contributed by atoms with van der Waals surface area (Å²) in [5.74, 6) is -0.647. The number of ketones is 1. The molecule has 1 aromatic carbocycles. The van der Waals surface area contributed by atoms with Gasteiger partial charge in [0.05, 0.1) is 11.3 Å². The van der Waals surface area contributed by atoms with Crippen LogP contribution in [0.15, 0.2) is 24.3 Å². The second-order valence-electron chi connectivity index (χ2n) is 4.61. The molecule has 0 bridgehead atoms. The van der Waals surface area contributed by atoms with Gasteiger partial charge >= 0.3 is 0 Å². The second-order valence-corrected chi connectivity index (χ2v) is 4.61. The number of rotatable bonds is 3. The first-order valence-corrected chi connectivity index (χ1v) is 6.14. The lowest BCUT2D eigenvalue weighted by atomic mass is 10.1. The van der Waals surface area contributed by atoms with Crippen LogP contribution in [0.25, 0.3) is 6.08 Å². The van der Waals surface area contributed by atoms with E-state index in [1.165, 1.54) is 18.2 Å². The van der Waals surface area contributed by atoms with Gasteiger partial charge in [0.15, 0.2) is 5.78 Å². The van der Waals surface area contributed by atoms with Crippen molar-refractivity contribution in [1.82, 2.24) is 9.78 Å². The molecule has 0 aliphatic heterocycles. The Labute approximate surface area is 116 Å². The molecule has 5 heteroatoms. The van der Waals surface area contributed by atoms with Gasteiger partial charge in [-0.2, -0.15) is 5.10 Å². The lowest BCUT2D eigenvalue weighted by Gasteiger charge is -2.01. The van der Waals surface area contributed by atoms with Gasteiger partial charge < -0.3 is 10.2 Å². The van der Waals surface area contributed by atoms with Crippen LogP contribution in [0.1, 0.15) is 27.3 Å². The maximum atomic E-state index is 12.0. The van der Waals surface area contributed by atoms with Gasteiger partial charge in [-0.3, -0.25) is 9.48 Å². The van der Waals surface area contributed by atoms with Crippen LogP contribution in [-0.2, 0) is 7.05 Å². The molecule has 0 amide bonds. The van der Waals surface area contributed by atoms with Gasteiger partial charge in [0, 0.05) is 24.4 Å². The number of phenolic OH excluding ortho intramolecular Hbond substituents is 2. The van der Waals surface area contributed by atoms with Crippen LogP contribution in [0, 0.1) is 13.8 Å². The number of carbonyl (C=O) groups excluding carboxylic acids is 1. The van der Waals surface area contributed by atoms with Crippen LogP contribution < -0.4 is 0 Å². The molecule has 1 aromatic heterocycles. The molecule has 5 nitrogen and oxygen atoms in total. The molecule has 2 aromatic rings. The van der Waals surface area contributed by atoms with Crippen molar-refractivity contribution in [3.8, 4) is 11.5 Å². The number of hydrogen-bond acceptors (Lipinski definition) is 4. The van der Waals surface area contributed by atoms with Crippen molar-refractivity contribution in [2.24, 2.45) is 7.05 Å². The predicted molar refractivity (Wildman–Crippen MR) is 75.8 cm³/mol. The highest BCUT2D eigenvalue weighted by molar-refractivity contribution is 6.08. The van der Waals surface area contributed by atoms with Crippen LogP contribution in [0.4, 0.5) is 0 Å². The normalized spacial score (nSPS) is 11.2. The highest BCUT2D eigenvalue weighted by atomic mass is 16.3. The molecular formula is C15H16N2O3. The Bertz CT molecular complexity index is 699. The molecule has 0 unspecified atom stereocenters. The van der Waals surface area contributed by atoms with Crippen molar-refractivity contribution in [2.45, 2.75) is 13.8 Å². The fraction of sp³-hybridized carbons (Fsp3) is 0.200. The Balaban J connectivity index is 2.29. The van der Waals surface area contributed by atoms with Crippen molar-refractivity contribution >= 4 is 11.9 Å². The summed E-state index contributed by atoms with van der Waals surface area (Å²) in [4.78, 5) is 12.0. The SMILES string of the molecule is Cc1nn(C)c(C)c1/C=C/C(=O)c1ccc(O)cc1O. The quantitative estimate of drug-likeness (QED) is 0.664. The summed E-state index contributed by atoms with van der Waals surface area (Å²) in [6.07, 6.45) is 3.08. The van der Waals surface area contributed by atoms with Crippen LogP contribution in [0.3, 0.4) is 0 Å². The van der Waals surface area contributed by atoms with E-state index in [-0.39, 0.29) is 22.8 Å². The first-order chi connectivity index (χ1) is 9.40. The first kappa shape index (κ1) is 13.9. The summed E-state index contributed by atoms with van der Waals surface area (Å²) in [5.41, 5.74) is 2.84. The van der Waals surface area contributed by atoms with Crippen LogP contribution >= 0.6 is 0 Å². The summed E-state index contributed by atoms with van der Waals surface area (Å²) < 4.78 is 1.75. The monoisotopic (exact) mass is 272 g/mol. The van der Waals surface area contributed by atoms with Crippen molar-refractivity contribution in [3.05, 3.63) is 46.8 Å². The van der Waals surface area contributed by atoms with Crippen molar-refractivity contribution in [1.29, 1.82) is 0 Å². The summed E-state index contributed by atoms with van der Waals surface area (Å²) in [7, 11) is 1.84.